The van der Waals surface area contributed by atoms with Crippen LogP contribution in [-0.2, 0) is 0 Å². The third-order valence-electron chi connectivity index (χ3n) is 4.70. The SMILES string of the molecule is CN(C)c1cccc(-c2ccc(NSc3cc4[nH]c(=O)c(=O)[nH]c4cc3Cl)cc2Cl)c1. The number of halogens is 2. The van der Waals surface area contributed by atoms with Gasteiger partial charge in [0.1, 0.15) is 0 Å². The van der Waals surface area contributed by atoms with Gasteiger partial charge < -0.3 is 19.6 Å². The fourth-order valence-electron chi connectivity index (χ4n) is 3.07. The number of rotatable bonds is 5. The zero-order chi connectivity index (χ0) is 22.1. The lowest BCUT2D eigenvalue weighted by Crippen LogP contribution is -2.28. The molecule has 9 heteroatoms. The average Bonchev–Trinajstić information content (AvgIpc) is 2.74. The zero-order valence-corrected chi connectivity index (χ0v) is 19.0. The Balaban J connectivity index is 1.57. The number of fused-ring (bicyclic) bond motifs is 1. The molecule has 6 nitrogen and oxygen atoms in total. The second-order valence-electron chi connectivity index (χ2n) is 7.08. The van der Waals surface area contributed by atoms with Crippen LogP contribution in [0.4, 0.5) is 11.4 Å². The molecule has 0 bridgehead atoms. The molecule has 0 aliphatic rings. The number of hydrogen-bond acceptors (Lipinski definition) is 5. The summed E-state index contributed by atoms with van der Waals surface area (Å²) in [6.45, 7) is 0. The van der Waals surface area contributed by atoms with Crippen LogP contribution in [0.15, 0.2) is 69.1 Å². The molecular weight excluding hydrogens is 455 g/mol. The molecule has 0 saturated carbocycles. The summed E-state index contributed by atoms with van der Waals surface area (Å²) in [6.07, 6.45) is 0. The molecule has 1 aromatic heterocycles. The first-order valence-corrected chi connectivity index (χ1v) is 10.8. The topological polar surface area (TPSA) is 81.0 Å². The molecule has 0 atom stereocenters. The summed E-state index contributed by atoms with van der Waals surface area (Å²) in [4.78, 5) is 30.8. The van der Waals surface area contributed by atoms with Crippen molar-refractivity contribution in [3.8, 4) is 11.1 Å². The van der Waals surface area contributed by atoms with E-state index in [0.717, 1.165) is 22.5 Å². The van der Waals surface area contributed by atoms with E-state index in [4.69, 9.17) is 23.2 Å². The molecular formula is C22H18Cl2N4O2S. The van der Waals surface area contributed by atoms with E-state index in [1.807, 2.05) is 55.4 Å². The third kappa shape index (κ3) is 4.58. The van der Waals surface area contributed by atoms with Gasteiger partial charge in [0.05, 0.1) is 21.1 Å². The van der Waals surface area contributed by atoms with Crippen LogP contribution in [0, 0.1) is 0 Å². The largest absolute Gasteiger partial charge is 0.378 e. The number of hydrogen-bond donors (Lipinski definition) is 3. The van der Waals surface area contributed by atoms with E-state index in [-0.39, 0.29) is 0 Å². The Kier molecular flexibility index (Phi) is 6.00. The highest BCUT2D eigenvalue weighted by molar-refractivity contribution is 8.00. The molecule has 0 fully saturated rings. The Morgan fingerprint density at radius 1 is 0.871 bits per heavy atom. The Morgan fingerprint density at radius 2 is 1.58 bits per heavy atom. The number of benzene rings is 3. The molecule has 31 heavy (non-hydrogen) atoms. The van der Waals surface area contributed by atoms with Crippen LogP contribution in [0.1, 0.15) is 0 Å². The van der Waals surface area contributed by atoms with E-state index in [9.17, 15) is 9.59 Å². The Labute approximate surface area is 192 Å². The number of aromatic nitrogens is 2. The van der Waals surface area contributed by atoms with Crippen LogP contribution in [-0.4, -0.2) is 24.1 Å². The molecule has 0 unspecified atom stereocenters. The van der Waals surface area contributed by atoms with Gasteiger partial charge in [-0.3, -0.25) is 9.59 Å². The maximum absolute atomic E-state index is 11.6. The molecule has 0 aliphatic carbocycles. The molecule has 1 heterocycles. The summed E-state index contributed by atoms with van der Waals surface area (Å²) in [5.74, 6) is 0. The lowest BCUT2D eigenvalue weighted by molar-refractivity contribution is 1.13. The molecule has 0 amide bonds. The summed E-state index contributed by atoms with van der Waals surface area (Å²) in [5, 5.41) is 1.06. The number of H-pyrrole nitrogens is 2. The second-order valence-corrected chi connectivity index (χ2v) is 8.74. The Bertz CT molecular complexity index is 1400. The highest BCUT2D eigenvalue weighted by Gasteiger charge is 2.09. The molecule has 3 N–H and O–H groups in total. The molecule has 158 valence electrons. The van der Waals surface area contributed by atoms with Gasteiger partial charge in [-0.05, 0) is 53.9 Å². The summed E-state index contributed by atoms with van der Waals surface area (Å²) >= 11 is 14.2. The fourth-order valence-corrected chi connectivity index (χ4v) is 4.33. The maximum atomic E-state index is 11.6. The van der Waals surface area contributed by atoms with Crippen molar-refractivity contribution < 1.29 is 0 Å². The van der Waals surface area contributed by atoms with E-state index in [1.165, 1.54) is 11.9 Å². The van der Waals surface area contributed by atoms with Crippen molar-refractivity contribution in [2.24, 2.45) is 0 Å². The predicted octanol–water partition coefficient (Wildman–Crippen LogP) is 5.38. The normalized spacial score (nSPS) is 11.0. The molecule has 0 saturated heterocycles. The van der Waals surface area contributed by atoms with E-state index in [2.05, 4.69) is 20.8 Å². The first-order chi connectivity index (χ1) is 14.8. The van der Waals surface area contributed by atoms with E-state index in [1.54, 1.807) is 12.1 Å². The van der Waals surface area contributed by atoms with Crippen LogP contribution >= 0.6 is 35.1 Å². The quantitative estimate of drug-likeness (QED) is 0.268. The summed E-state index contributed by atoms with van der Waals surface area (Å²) in [6, 6.07) is 17.2. The second kappa shape index (κ2) is 8.70. The first kappa shape index (κ1) is 21.4. The molecule has 0 spiro atoms. The predicted molar refractivity (Wildman–Crippen MR) is 131 cm³/mol. The van der Waals surface area contributed by atoms with Crippen molar-refractivity contribution in [2.45, 2.75) is 4.90 Å². The van der Waals surface area contributed by atoms with Crippen molar-refractivity contribution in [3.63, 3.8) is 0 Å². The molecule has 4 rings (SSSR count). The molecule has 0 radical (unpaired) electrons. The van der Waals surface area contributed by atoms with Gasteiger partial charge in [-0.25, -0.2) is 0 Å². The van der Waals surface area contributed by atoms with Crippen molar-refractivity contribution in [1.82, 2.24) is 9.97 Å². The highest BCUT2D eigenvalue weighted by atomic mass is 35.5. The van der Waals surface area contributed by atoms with Crippen molar-refractivity contribution in [3.05, 3.63) is 85.4 Å². The highest BCUT2D eigenvalue weighted by Crippen LogP contribution is 2.35. The van der Waals surface area contributed by atoms with Gasteiger partial charge in [-0.15, -0.1) is 0 Å². The van der Waals surface area contributed by atoms with Crippen molar-refractivity contribution in [2.75, 3.05) is 23.7 Å². The summed E-state index contributed by atoms with van der Waals surface area (Å²) < 4.78 is 3.22. The fraction of sp³-hybridized carbons (Fsp3) is 0.0909. The lowest BCUT2D eigenvalue weighted by Gasteiger charge is -2.15. The zero-order valence-electron chi connectivity index (χ0n) is 16.6. The minimum Gasteiger partial charge on any atom is -0.378 e. The van der Waals surface area contributed by atoms with Gasteiger partial charge in [0, 0.05) is 35.9 Å². The minimum absolute atomic E-state index is 0.441. The summed E-state index contributed by atoms with van der Waals surface area (Å²) in [5.41, 5.74) is 3.40. The van der Waals surface area contributed by atoms with E-state index >= 15 is 0 Å². The molecule has 0 aliphatic heterocycles. The van der Waals surface area contributed by atoms with Gasteiger partial charge in [-0.1, -0.05) is 41.4 Å². The van der Waals surface area contributed by atoms with Crippen LogP contribution in [0.2, 0.25) is 10.0 Å². The Hall–Kier alpha value is -2.87. The van der Waals surface area contributed by atoms with Crippen LogP contribution < -0.4 is 20.7 Å². The minimum atomic E-state index is -0.715. The molecule has 4 aromatic rings. The van der Waals surface area contributed by atoms with Gasteiger partial charge in [0.25, 0.3) is 0 Å². The summed E-state index contributed by atoms with van der Waals surface area (Å²) in [7, 11) is 3.99. The number of nitrogens with one attached hydrogen (secondary N) is 3. The van der Waals surface area contributed by atoms with E-state index in [0.29, 0.717) is 26.0 Å². The van der Waals surface area contributed by atoms with Crippen molar-refractivity contribution >= 4 is 57.6 Å². The first-order valence-electron chi connectivity index (χ1n) is 9.28. The lowest BCUT2D eigenvalue weighted by atomic mass is 10.0. The third-order valence-corrected chi connectivity index (χ3v) is 6.33. The van der Waals surface area contributed by atoms with Gasteiger partial charge in [0.2, 0.25) is 0 Å². The Morgan fingerprint density at radius 3 is 2.26 bits per heavy atom. The standard InChI is InChI=1S/C22H18Cl2N4O2S/c1-28(2)14-5-3-4-12(8-14)15-7-6-13(9-16(15)23)27-31-20-11-19-18(10-17(20)24)25-21(29)22(30)26-19/h3-11,27H,1-2H3,(H,25,29)(H,26,30). The average molecular weight is 473 g/mol. The van der Waals surface area contributed by atoms with Crippen LogP contribution in [0.3, 0.4) is 0 Å². The van der Waals surface area contributed by atoms with Gasteiger partial charge in [-0.2, -0.15) is 0 Å². The smallest absolute Gasteiger partial charge is 0.314 e. The maximum Gasteiger partial charge on any atom is 0.314 e. The van der Waals surface area contributed by atoms with Crippen molar-refractivity contribution in [1.29, 1.82) is 0 Å². The number of aromatic amines is 2. The number of anilines is 2. The van der Waals surface area contributed by atoms with Crippen LogP contribution in [0.5, 0.6) is 0 Å². The number of nitrogens with zero attached hydrogens (tertiary/aromatic N) is 1. The van der Waals surface area contributed by atoms with Gasteiger partial charge in [0.15, 0.2) is 0 Å². The monoisotopic (exact) mass is 472 g/mol. The molecule has 3 aromatic carbocycles. The van der Waals surface area contributed by atoms with Gasteiger partial charge >= 0.3 is 11.1 Å². The van der Waals surface area contributed by atoms with Crippen LogP contribution in [0.25, 0.3) is 22.2 Å². The van der Waals surface area contributed by atoms with E-state index < -0.39 is 11.1 Å².